The van der Waals surface area contributed by atoms with Gasteiger partial charge < -0.3 is 10.1 Å². The Morgan fingerprint density at radius 3 is 1.90 bits per heavy atom. The van der Waals surface area contributed by atoms with E-state index in [1.165, 1.54) is 0 Å². The van der Waals surface area contributed by atoms with Crippen molar-refractivity contribution in [1.29, 1.82) is 0 Å². The van der Waals surface area contributed by atoms with Crippen molar-refractivity contribution >= 4 is 29.1 Å². The summed E-state index contributed by atoms with van der Waals surface area (Å²) in [4.78, 5) is 25.1. The zero-order valence-corrected chi connectivity index (χ0v) is 17.8. The maximum atomic E-state index is 12.9. The van der Waals surface area contributed by atoms with E-state index in [4.69, 9.17) is 17.0 Å². The highest BCUT2D eigenvalue weighted by molar-refractivity contribution is 7.80. The molecular formula is C24H23N3O3S. The van der Waals surface area contributed by atoms with Crippen LogP contribution in [0.25, 0.3) is 0 Å². The van der Waals surface area contributed by atoms with Crippen LogP contribution < -0.4 is 20.9 Å². The number of methoxy groups -OCH3 is 1. The van der Waals surface area contributed by atoms with Crippen molar-refractivity contribution in [3.8, 4) is 5.75 Å². The van der Waals surface area contributed by atoms with Gasteiger partial charge >= 0.3 is 0 Å². The molecule has 0 heterocycles. The van der Waals surface area contributed by atoms with Gasteiger partial charge in [-0.25, -0.2) is 0 Å². The number of amides is 2. The molecule has 3 aromatic carbocycles. The fraction of sp³-hybridized carbons (Fsp3) is 0.125. The van der Waals surface area contributed by atoms with E-state index in [2.05, 4.69) is 16.2 Å². The van der Waals surface area contributed by atoms with E-state index in [0.717, 1.165) is 22.4 Å². The van der Waals surface area contributed by atoms with Gasteiger partial charge in [0.05, 0.1) is 19.4 Å². The SMILES string of the molecule is COc1ccc(CC(=O)NC(=S)NNC(=O)C(c2ccccc2)c2ccccc2)cc1. The molecular weight excluding hydrogens is 410 g/mol. The highest BCUT2D eigenvalue weighted by Gasteiger charge is 2.22. The van der Waals surface area contributed by atoms with E-state index in [-0.39, 0.29) is 23.3 Å². The van der Waals surface area contributed by atoms with E-state index >= 15 is 0 Å². The maximum Gasteiger partial charge on any atom is 0.250 e. The third-order valence-corrected chi connectivity index (χ3v) is 4.81. The predicted molar refractivity (Wildman–Crippen MR) is 123 cm³/mol. The second kappa shape index (κ2) is 10.9. The van der Waals surface area contributed by atoms with Gasteiger partial charge in [0.25, 0.3) is 0 Å². The van der Waals surface area contributed by atoms with Crippen molar-refractivity contribution in [2.24, 2.45) is 0 Å². The fourth-order valence-electron chi connectivity index (χ4n) is 3.11. The number of carbonyl (C=O) groups is 2. The van der Waals surface area contributed by atoms with E-state index in [0.29, 0.717) is 0 Å². The van der Waals surface area contributed by atoms with Gasteiger partial charge in [0.15, 0.2) is 5.11 Å². The molecule has 0 radical (unpaired) electrons. The Balaban J connectivity index is 1.57. The van der Waals surface area contributed by atoms with Crippen LogP contribution in [0.4, 0.5) is 0 Å². The normalized spacial score (nSPS) is 10.3. The number of ether oxygens (including phenoxy) is 1. The topological polar surface area (TPSA) is 79.5 Å². The highest BCUT2D eigenvalue weighted by Crippen LogP contribution is 2.24. The van der Waals surface area contributed by atoms with E-state index in [1.807, 2.05) is 60.7 Å². The Hall–Kier alpha value is -3.71. The summed E-state index contributed by atoms with van der Waals surface area (Å²) in [6.07, 6.45) is 0.149. The van der Waals surface area contributed by atoms with E-state index in [1.54, 1.807) is 31.4 Å². The molecule has 0 saturated heterocycles. The number of hydrazine groups is 1. The molecule has 0 bridgehead atoms. The lowest BCUT2D eigenvalue weighted by Crippen LogP contribution is -2.50. The van der Waals surface area contributed by atoms with E-state index < -0.39 is 5.92 Å². The van der Waals surface area contributed by atoms with Crippen LogP contribution in [0.2, 0.25) is 0 Å². The molecule has 0 unspecified atom stereocenters. The first-order chi connectivity index (χ1) is 15.1. The number of carbonyl (C=O) groups excluding carboxylic acids is 2. The van der Waals surface area contributed by atoms with Crippen LogP contribution in [0.1, 0.15) is 22.6 Å². The molecule has 0 aromatic heterocycles. The lowest BCUT2D eigenvalue weighted by Gasteiger charge is -2.19. The van der Waals surface area contributed by atoms with Gasteiger partial charge in [-0.2, -0.15) is 0 Å². The van der Waals surface area contributed by atoms with Crippen molar-refractivity contribution in [3.63, 3.8) is 0 Å². The summed E-state index contributed by atoms with van der Waals surface area (Å²) in [6.45, 7) is 0. The summed E-state index contributed by atoms with van der Waals surface area (Å²) in [6, 6.07) is 26.1. The van der Waals surface area contributed by atoms with Crippen molar-refractivity contribution < 1.29 is 14.3 Å². The molecule has 0 aliphatic carbocycles. The summed E-state index contributed by atoms with van der Waals surface area (Å²) in [5.41, 5.74) is 7.74. The first kappa shape index (κ1) is 22.0. The molecule has 0 spiro atoms. The molecule has 0 fully saturated rings. The molecule has 3 aromatic rings. The van der Waals surface area contributed by atoms with Crippen LogP contribution in [0.5, 0.6) is 5.75 Å². The fourth-order valence-corrected chi connectivity index (χ4v) is 3.27. The van der Waals surface area contributed by atoms with Crippen LogP contribution in [0.3, 0.4) is 0 Å². The zero-order chi connectivity index (χ0) is 22.1. The average Bonchev–Trinajstić information content (AvgIpc) is 2.80. The predicted octanol–water partition coefficient (Wildman–Crippen LogP) is 3.09. The number of hydrogen-bond donors (Lipinski definition) is 3. The molecule has 0 atom stereocenters. The van der Waals surface area contributed by atoms with Crippen molar-refractivity contribution in [1.82, 2.24) is 16.2 Å². The largest absolute Gasteiger partial charge is 0.497 e. The number of thiocarbonyl (C=S) groups is 1. The minimum absolute atomic E-state index is 0.0201. The molecule has 31 heavy (non-hydrogen) atoms. The molecule has 0 aliphatic heterocycles. The van der Waals surface area contributed by atoms with Crippen LogP contribution in [0.15, 0.2) is 84.9 Å². The minimum Gasteiger partial charge on any atom is -0.497 e. The van der Waals surface area contributed by atoms with Crippen LogP contribution in [-0.4, -0.2) is 24.0 Å². The van der Waals surface area contributed by atoms with Gasteiger partial charge in [0.1, 0.15) is 5.75 Å². The Morgan fingerprint density at radius 1 is 0.839 bits per heavy atom. The van der Waals surface area contributed by atoms with Crippen molar-refractivity contribution in [2.45, 2.75) is 12.3 Å². The lowest BCUT2D eigenvalue weighted by molar-refractivity contribution is -0.122. The van der Waals surface area contributed by atoms with Crippen LogP contribution in [-0.2, 0) is 16.0 Å². The third kappa shape index (κ3) is 6.38. The third-order valence-electron chi connectivity index (χ3n) is 4.60. The molecule has 0 saturated carbocycles. The summed E-state index contributed by atoms with van der Waals surface area (Å²) in [5.74, 6) is -0.383. The van der Waals surface area contributed by atoms with Crippen LogP contribution >= 0.6 is 12.2 Å². The summed E-state index contributed by atoms with van der Waals surface area (Å²) < 4.78 is 5.10. The summed E-state index contributed by atoms with van der Waals surface area (Å²) in [7, 11) is 1.58. The minimum atomic E-state index is -0.521. The number of rotatable bonds is 6. The quantitative estimate of drug-likeness (QED) is 0.411. The van der Waals surface area contributed by atoms with Gasteiger partial charge in [-0.15, -0.1) is 0 Å². The van der Waals surface area contributed by atoms with Crippen LogP contribution in [0, 0.1) is 0 Å². The highest BCUT2D eigenvalue weighted by atomic mass is 32.1. The molecule has 2 amide bonds. The molecule has 3 N–H and O–H groups in total. The standard InChI is InChI=1S/C24H23N3O3S/c1-30-20-14-12-17(13-15-20)16-21(28)25-24(31)27-26-23(29)22(18-8-4-2-5-9-18)19-10-6-3-7-11-19/h2-15,22H,16H2,1H3,(H,26,29)(H2,25,27,28,31). The molecule has 7 heteroatoms. The van der Waals surface area contributed by atoms with Gasteiger partial charge in [-0.3, -0.25) is 20.4 Å². The zero-order valence-electron chi connectivity index (χ0n) is 17.0. The smallest absolute Gasteiger partial charge is 0.250 e. The Morgan fingerprint density at radius 2 is 1.39 bits per heavy atom. The van der Waals surface area contributed by atoms with E-state index in [9.17, 15) is 9.59 Å². The monoisotopic (exact) mass is 433 g/mol. The number of hydrogen-bond acceptors (Lipinski definition) is 4. The number of nitrogens with one attached hydrogen (secondary N) is 3. The summed E-state index contributed by atoms with van der Waals surface area (Å²) >= 11 is 5.15. The second-order valence-corrected chi connectivity index (χ2v) is 7.18. The Kier molecular flexibility index (Phi) is 7.73. The first-order valence-electron chi connectivity index (χ1n) is 9.69. The molecule has 0 aliphatic rings. The summed E-state index contributed by atoms with van der Waals surface area (Å²) in [5, 5.41) is 2.59. The first-order valence-corrected chi connectivity index (χ1v) is 10.1. The molecule has 158 valence electrons. The van der Waals surface area contributed by atoms with Gasteiger partial charge in [0.2, 0.25) is 11.8 Å². The van der Waals surface area contributed by atoms with Crippen molar-refractivity contribution in [2.75, 3.05) is 7.11 Å². The Bertz CT molecular complexity index is 985. The van der Waals surface area contributed by atoms with Gasteiger partial charge in [-0.05, 0) is 41.0 Å². The molecule has 3 rings (SSSR count). The van der Waals surface area contributed by atoms with Crippen molar-refractivity contribution in [3.05, 3.63) is 102 Å². The number of benzene rings is 3. The molecule has 6 nitrogen and oxygen atoms in total. The Labute approximate surface area is 186 Å². The lowest BCUT2D eigenvalue weighted by atomic mass is 9.91. The average molecular weight is 434 g/mol. The second-order valence-electron chi connectivity index (χ2n) is 6.77. The maximum absolute atomic E-state index is 12.9. The van der Waals surface area contributed by atoms with Gasteiger partial charge in [-0.1, -0.05) is 72.8 Å². The van der Waals surface area contributed by atoms with Gasteiger partial charge in [0, 0.05) is 0 Å².